The Kier molecular flexibility index (Phi) is 3.11. The third-order valence-corrected chi connectivity index (χ3v) is 1.94. The van der Waals surface area contributed by atoms with E-state index in [1.54, 1.807) is 6.08 Å². The average Bonchev–Trinajstić information content (AvgIpc) is 2.04. The van der Waals surface area contributed by atoms with Crippen LogP contribution in [0.15, 0.2) is 32.8 Å². The van der Waals surface area contributed by atoms with Crippen LogP contribution in [0.25, 0.3) is 0 Å². The summed E-state index contributed by atoms with van der Waals surface area (Å²) in [4.78, 5) is 26.4. The van der Waals surface area contributed by atoms with Crippen molar-refractivity contribution in [2.75, 3.05) is 0 Å². The Bertz CT molecular complexity index is 363. The van der Waals surface area contributed by atoms with Crippen LogP contribution in [-0.2, 0) is 6.54 Å². The molecule has 0 radical (unpaired) electrons. The fourth-order valence-corrected chi connectivity index (χ4v) is 1.05. The molecule has 0 bridgehead atoms. The molecule has 0 aliphatic rings. The third kappa shape index (κ3) is 1.98. The third-order valence-electron chi connectivity index (χ3n) is 1.37. The summed E-state index contributed by atoms with van der Waals surface area (Å²) >= 11 is 1.43. The molecule has 0 aliphatic heterocycles. The second kappa shape index (κ2) is 4.12. The second-order valence-corrected chi connectivity index (χ2v) is 2.97. The number of nitrogens with zero attached hydrogens (tertiary/aromatic N) is 1. The molecule has 1 N–H and O–H groups in total. The van der Waals surface area contributed by atoms with E-state index in [0.717, 1.165) is 4.57 Å². The van der Waals surface area contributed by atoms with Crippen molar-refractivity contribution in [1.29, 1.82) is 0 Å². The number of hydrogen-bond donors (Lipinski definition) is 1. The summed E-state index contributed by atoms with van der Waals surface area (Å²) in [5.74, 6) is 0. The molecule has 12 heavy (non-hydrogen) atoms. The molecule has 1 rings (SSSR count). The van der Waals surface area contributed by atoms with Gasteiger partial charge in [-0.3, -0.25) is 0 Å². The van der Waals surface area contributed by atoms with Crippen molar-refractivity contribution in [3.05, 3.63) is 44.0 Å². The van der Waals surface area contributed by atoms with Gasteiger partial charge in [0.05, 0.1) is 0 Å². The van der Waals surface area contributed by atoms with Crippen molar-refractivity contribution in [2.45, 2.75) is 6.54 Å². The molecule has 1 aromatic rings. The molecule has 1 aromatic heterocycles. The van der Waals surface area contributed by atoms with Crippen LogP contribution in [0.3, 0.4) is 0 Å². The summed E-state index contributed by atoms with van der Waals surface area (Å²) in [6.45, 7) is 0.341. The molecular formula is C7H9AsN2O2. The number of allylic oxidation sites excluding steroid dienone is 1. The van der Waals surface area contributed by atoms with Crippen molar-refractivity contribution in [2.24, 2.45) is 0 Å². The Morgan fingerprint density at radius 2 is 2.33 bits per heavy atom. The molecule has 1 unspecified atom stereocenters. The van der Waals surface area contributed by atoms with E-state index in [9.17, 15) is 9.59 Å². The van der Waals surface area contributed by atoms with E-state index in [0.29, 0.717) is 6.54 Å². The van der Waals surface area contributed by atoms with Crippen molar-refractivity contribution in [3.8, 4) is 0 Å². The van der Waals surface area contributed by atoms with E-state index in [2.05, 4.69) is 4.98 Å². The molecular weight excluding hydrogens is 219 g/mol. The van der Waals surface area contributed by atoms with Crippen LogP contribution in [0, 0.1) is 0 Å². The number of aromatic amines is 1. The van der Waals surface area contributed by atoms with Gasteiger partial charge < -0.3 is 0 Å². The zero-order chi connectivity index (χ0) is 8.97. The van der Waals surface area contributed by atoms with Crippen molar-refractivity contribution in [3.63, 3.8) is 0 Å². The van der Waals surface area contributed by atoms with E-state index >= 15 is 0 Å². The maximum absolute atomic E-state index is 11.1. The van der Waals surface area contributed by atoms with Crippen molar-refractivity contribution < 1.29 is 0 Å². The van der Waals surface area contributed by atoms with E-state index in [1.165, 1.54) is 29.1 Å². The van der Waals surface area contributed by atoms with Gasteiger partial charge in [-0.15, -0.1) is 0 Å². The summed E-state index contributed by atoms with van der Waals surface area (Å²) in [6.07, 6.45) is 3.12. The molecule has 0 amide bonds. The second-order valence-electron chi connectivity index (χ2n) is 2.16. The molecule has 0 saturated heterocycles. The first-order valence-electron chi connectivity index (χ1n) is 3.41. The summed E-state index contributed by atoms with van der Waals surface area (Å²) < 4.78 is 1.14. The molecule has 0 aliphatic carbocycles. The van der Waals surface area contributed by atoms with Crippen molar-refractivity contribution >= 4 is 16.9 Å². The van der Waals surface area contributed by atoms with Crippen LogP contribution in [0.5, 0.6) is 0 Å². The van der Waals surface area contributed by atoms with Gasteiger partial charge in [-0.1, -0.05) is 0 Å². The van der Waals surface area contributed by atoms with Gasteiger partial charge in [-0.25, -0.2) is 0 Å². The quantitative estimate of drug-likeness (QED) is 0.638. The molecule has 1 heterocycles. The monoisotopic (exact) mass is 228 g/mol. The molecule has 0 aromatic carbocycles. The van der Waals surface area contributed by atoms with E-state index in [4.69, 9.17) is 0 Å². The summed E-state index contributed by atoms with van der Waals surface area (Å²) in [7, 11) is 0. The zero-order valence-corrected chi connectivity index (χ0v) is 8.78. The molecule has 64 valence electrons. The van der Waals surface area contributed by atoms with Gasteiger partial charge in [0.25, 0.3) is 0 Å². The average molecular weight is 228 g/mol. The number of aromatic nitrogens is 2. The Morgan fingerprint density at radius 3 is 2.92 bits per heavy atom. The Morgan fingerprint density at radius 1 is 1.58 bits per heavy atom. The standard InChI is InChI=1S/C7H9AsN2O2/c8-3-1-5-10-6(11)2-4-9-7(10)12/h1-4H,5,8H2,(H,9,12). The van der Waals surface area contributed by atoms with Crippen LogP contribution in [0.1, 0.15) is 0 Å². The molecule has 0 fully saturated rings. The first-order chi connectivity index (χ1) is 5.75. The molecule has 0 spiro atoms. The normalized spacial score (nSPS) is 10.8. The van der Waals surface area contributed by atoms with Crippen LogP contribution in [0.4, 0.5) is 0 Å². The molecule has 0 saturated carbocycles. The van der Waals surface area contributed by atoms with Crippen LogP contribution in [0.2, 0.25) is 0 Å². The zero-order valence-electron chi connectivity index (χ0n) is 6.36. The Balaban J connectivity index is 3.14. The molecule has 1 atom stereocenters. The van der Waals surface area contributed by atoms with Gasteiger partial charge >= 0.3 is 77.0 Å². The minimum atomic E-state index is -0.367. The van der Waals surface area contributed by atoms with E-state index < -0.39 is 0 Å². The van der Waals surface area contributed by atoms with Crippen molar-refractivity contribution in [1.82, 2.24) is 9.55 Å². The van der Waals surface area contributed by atoms with Gasteiger partial charge in [0, 0.05) is 0 Å². The number of H-pyrrole nitrogens is 1. The Labute approximate surface area is 77.4 Å². The number of hydrogen-bond acceptors (Lipinski definition) is 2. The SMILES string of the molecule is O=c1cc[nH]c(=O)n1CC=C[AsH2]. The Hall–Kier alpha value is -1.02. The van der Waals surface area contributed by atoms with Gasteiger partial charge in [0.15, 0.2) is 0 Å². The summed E-state index contributed by atoms with van der Waals surface area (Å²) in [5.41, 5.74) is -0.641. The fourth-order valence-electron chi connectivity index (χ4n) is 0.791. The fraction of sp³-hybridized carbons (Fsp3) is 0.143. The van der Waals surface area contributed by atoms with E-state index in [1.807, 2.05) is 4.86 Å². The van der Waals surface area contributed by atoms with Crippen LogP contribution < -0.4 is 11.2 Å². The van der Waals surface area contributed by atoms with Crippen LogP contribution >= 0.6 is 0 Å². The van der Waals surface area contributed by atoms with Gasteiger partial charge in [0.2, 0.25) is 0 Å². The predicted molar refractivity (Wildman–Crippen MR) is 49.0 cm³/mol. The molecule has 5 heteroatoms. The topological polar surface area (TPSA) is 54.9 Å². The van der Waals surface area contributed by atoms with Gasteiger partial charge in [-0.2, -0.15) is 0 Å². The van der Waals surface area contributed by atoms with Gasteiger partial charge in [0.1, 0.15) is 0 Å². The van der Waals surface area contributed by atoms with Gasteiger partial charge in [-0.05, 0) is 0 Å². The van der Waals surface area contributed by atoms with E-state index in [-0.39, 0.29) is 11.2 Å². The minimum absolute atomic E-state index is 0.274. The summed E-state index contributed by atoms with van der Waals surface area (Å²) in [5, 5.41) is 0. The first kappa shape index (κ1) is 9.07. The number of rotatable bonds is 2. The summed E-state index contributed by atoms with van der Waals surface area (Å²) in [6, 6.07) is 1.33. The molecule has 4 nitrogen and oxygen atoms in total. The maximum atomic E-state index is 11.1. The predicted octanol–water partition coefficient (Wildman–Crippen LogP) is -1.32. The van der Waals surface area contributed by atoms with Crippen LogP contribution in [-0.4, -0.2) is 26.4 Å². The first-order valence-corrected chi connectivity index (χ1v) is 4.81. The number of nitrogens with one attached hydrogen (secondary N) is 1.